The Morgan fingerprint density at radius 2 is 1.75 bits per heavy atom. The van der Waals surface area contributed by atoms with Crippen molar-refractivity contribution in [2.24, 2.45) is 0 Å². The van der Waals surface area contributed by atoms with E-state index >= 15 is 0 Å². The molecule has 0 atom stereocenters. The Bertz CT molecular complexity index is 1030. The van der Waals surface area contributed by atoms with Crippen LogP contribution in [0, 0.1) is 0 Å². The van der Waals surface area contributed by atoms with Crippen molar-refractivity contribution in [3.8, 4) is 5.75 Å². The van der Waals surface area contributed by atoms with Gasteiger partial charge in [-0.2, -0.15) is 0 Å². The quantitative estimate of drug-likeness (QED) is 0.601. The molecular weight excluding hydrogens is 426 g/mol. The number of likely N-dealkylation sites (tertiary alicyclic amines) is 1. The summed E-state index contributed by atoms with van der Waals surface area (Å²) in [4.78, 5) is 15.0. The molecule has 1 fully saturated rings. The third kappa shape index (κ3) is 6.31. The van der Waals surface area contributed by atoms with E-state index in [4.69, 9.17) is 4.74 Å². The molecule has 3 rings (SSSR count). The molecule has 2 aromatic rings. The van der Waals surface area contributed by atoms with Crippen LogP contribution in [0.1, 0.15) is 54.6 Å². The first-order valence-electron chi connectivity index (χ1n) is 11.1. The van der Waals surface area contributed by atoms with Gasteiger partial charge in [-0.1, -0.05) is 30.7 Å². The van der Waals surface area contributed by atoms with Crippen LogP contribution in [0.5, 0.6) is 5.75 Å². The molecule has 0 bridgehead atoms. The van der Waals surface area contributed by atoms with Gasteiger partial charge < -0.3 is 10.1 Å². The minimum Gasteiger partial charge on any atom is -0.496 e. The normalized spacial score (nSPS) is 15.0. The molecule has 174 valence electrons. The molecule has 7 nitrogen and oxygen atoms in total. The highest BCUT2D eigenvalue weighted by atomic mass is 32.2. The van der Waals surface area contributed by atoms with Gasteiger partial charge >= 0.3 is 0 Å². The summed E-state index contributed by atoms with van der Waals surface area (Å²) < 4.78 is 34.0. The van der Waals surface area contributed by atoms with E-state index in [1.54, 1.807) is 0 Å². The molecule has 0 saturated carbocycles. The lowest BCUT2D eigenvalue weighted by Gasteiger charge is -2.27. The second-order valence-electron chi connectivity index (χ2n) is 8.42. The summed E-state index contributed by atoms with van der Waals surface area (Å²) in [6.07, 6.45) is 3.69. The van der Waals surface area contributed by atoms with Gasteiger partial charge in [0, 0.05) is 19.1 Å². The fraction of sp³-hybridized carbons (Fsp3) is 0.458. The Kier molecular flexibility index (Phi) is 8.28. The van der Waals surface area contributed by atoms with E-state index in [1.807, 2.05) is 32.0 Å². The van der Waals surface area contributed by atoms with E-state index in [0.29, 0.717) is 5.75 Å². The molecule has 0 aromatic heterocycles. The molecule has 2 aromatic carbocycles. The molecule has 8 heteroatoms. The van der Waals surface area contributed by atoms with Crippen LogP contribution in [0.3, 0.4) is 0 Å². The van der Waals surface area contributed by atoms with Crippen LogP contribution in [0.2, 0.25) is 0 Å². The Balaban J connectivity index is 1.76. The van der Waals surface area contributed by atoms with Gasteiger partial charge in [-0.3, -0.25) is 9.69 Å². The number of rotatable bonds is 9. The van der Waals surface area contributed by atoms with Gasteiger partial charge in [0.2, 0.25) is 10.0 Å². The number of methoxy groups -OCH3 is 1. The van der Waals surface area contributed by atoms with E-state index in [9.17, 15) is 13.2 Å². The summed E-state index contributed by atoms with van der Waals surface area (Å²) in [5.41, 5.74) is 2.27. The smallest absolute Gasteiger partial charge is 0.255 e. The number of hydrogen-bond acceptors (Lipinski definition) is 5. The zero-order valence-electron chi connectivity index (χ0n) is 19.1. The predicted molar refractivity (Wildman–Crippen MR) is 125 cm³/mol. The van der Waals surface area contributed by atoms with Gasteiger partial charge in [0.25, 0.3) is 5.91 Å². The van der Waals surface area contributed by atoms with Crippen LogP contribution in [-0.2, 0) is 23.1 Å². The van der Waals surface area contributed by atoms with Gasteiger partial charge in [0.15, 0.2) is 0 Å². The lowest BCUT2D eigenvalue weighted by atomic mass is 10.1. The summed E-state index contributed by atoms with van der Waals surface area (Å²) in [6.45, 7) is 6.84. The van der Waals surface area contributed by atoms with Gasteiger partial charge in [0.1, 0.15) is 5.75 Å². The van der Waals surface area contributed by atoms with Gasteiger partial charge in [-0.15, -0.1) is 0 Å². The number of ether oxygens (including phenoxy) is 1. The van der Waals surface area contributed by atoms with Crippen LogP contribution in [-0.4, -0.2) is 45.5 Å². The lowest BCUT2D eigenvalue weighted by Crippen LogP contribution is -2.31. The van der Waals surface area contributed by atoms with E-state index in [-0.39, 0.29) is 29.0 Å². The second-order valence-corrected chi connectivity index (χ2v) is 10.2. The second kappa shape index (κ2) is 10.9. The maximum Gasteiger partial charge on any atom is 0.255 e. The summed E-state index contributed by atoms with van der Waals surface area (Å²) in [7, 11) is -2.37. The maximum atomic E-state index is 13.0. The molecule has 1 saturated heterocycles. The topological polar surface area (TPSA) is 87.7 Å². The molecule has 32 heavy (non-hydrogen) atoms. The van der Waals surface area contributed by atoms with Crippen LogP contribution >= 0.6 is 0 Å². The number of amides is 1. The Morgan fingerprint density at radius 3 is 2.41 bits per heavy atom. The lowest BCUT2D eigenvalue weighted by molar-refractivity contribution is 0.0940. The molecule has 1 aliphatic rings. The number of benzene rings is 2. The highest BCUT2D eigenvalue weighted by Crippen LogP contribution is 2.23. The first kappa shape index (κ1) is 24.2. The van der Waals surface area contributed by atoms with Crippen LogP contribution < -0.4 is 14.8 Å². The number of nitrogens with one attached hydrogen (secondary N) is 2. The fourth-order valence-corrected chi connectivity index (χ4v) is 4.90. The summed E-state index contributed by atoms with van der Waals surface area (Å²) in [5, 5.41) is 2.78. The minimum atomic E-state index is -3.82. The average molecular weight is 460 g/mol. The maximum absolute atomic E-state index is 13.0. The molecule has 0 unspecified atom stereocenters. The largest absolute Gasteiger partial charge is 0.496 e. The number of carbonyl (C=O) groups excluding carboxylic acids is 1. The first-order valence-corrected chi connectivity index (χ1v) is 12.6. The van der Waals surface area contributed by atoms with Crippen molar-refractivity contribution in [3.05, 3.63) is 59.2 Å². The number of sulfonamides is 1. The monoisotopic (exact) mass is 459 g/mol. The average Bonchev–Trinajstić information content (AvgIpc) is 2.78. The Morgan fingerprint density at radius 1 is 1.06 bits per heavy atom. The van der Waals surface area contributed by atoms with E-state index in [2.05, 4.69) is 21.0 Å². The molecule has 1 amide bonds. The van der Waals surface area contributed by atoms with Gasteiger partial charge in [-0.25, -0.2) is 13.1 Å². The van der Waals surface area contributed by atoms with Crippen molar-refractivity contribution in [2.75, 3.05) is 20.2 Å². The van der Waals surface area contributed by atoms with Gasteiger partial charge in [-0.05, 0) is 69.1 Å². The van der Waals surface area contributed by atoms with Crippen LogP contribution in [0.4, 0.5) is 0 Å². The van der Waals surface area contributed by atoms with E-state index < -0.39 is 10.0 Å². The number of carbonyl (C=O) groups is 1. The minimum absolute atomic E-state index is 0.0284. The predicted octanol–water partition coefficient (Wildman–Crippen LogP) is 3.30. The van der Waals surface area contributed by atoms with Crippen molar-refractivity contribution in [3.63, 3.8) is 0 Å². The molecular formula is C24H33N3O4S. The highest BCUT2D eigenvalue weighted by Gasteiger charge is 2.21. The van der Waals surface area contributed by atoms with Crippen molar-refractivity contribution in [2.45, 2.75) is 57.1 Å². The van der Waals surface area contributed by atoms with Crippen LogP contribution in [0.25, 0.3) is 0 Å². The summed E-state index contributed by atoms with van der Waals surface area (Å²) in [6, 6.07) is 12.2. The highest BCUT2D eigenvalue weighted by molar-refractivity contribution is 7.89. The zero-order chi connectivity index (χ0) is 23.1. The number of nitrogens with zero attached hydrogens (tertiary/aromatic N) is 1. The third-order valence-corrected chi connectivity index (χ3v) is 6.96. The molecule has 0 radical (unpaired) electrons. The van der Waals surface area contributed by atoms with Crippen molar-refractivity contribution in [1.82, 2.24) is 14.9 Å². The number of piperidine rings is 1. The van der Waals surface area contributed by atoms with Gasteiger partial charge in [0.05, 0.1) is 17.6 Å². The molecule has 0 aliphatic carbocycles. The van der Waals surface area contributed by atoms with E-state index in [1.165, 1.54) is 44.6 Å². The molecule has 0 spiro atoms. The van der Waals surface area contributed by atoms with E-state index in [0.717, 1.165) is 30.8 Å². The fourth-order valence-electron chi connectivity index (χ4n) is 3.87. The SMILES string of the molecule is COc1ccc(S(=O)(=O)NCc2ccccc2CN2CCCCC2)cc1C(=O)NC(C)C. The zero-order valence-corrected chi connectivity index (χ0v) is 19.9. The summed E-state index contributed by atoms with van der Waals surface area (Å²) >= 11 is 0. The Hall–Kier alpha value is -2.42. The number of hydrogen-bond donors (Lipinski definition) is 2. The van der Waals surface area contributed by atoms with Crippen molar-refractivity contribution < 1.29 is 17.9 Å². The Labute approximate surface area is 191 Å². The molecule has 2 N–H and O–H groups in total. The van der Waals surface area contributed by atoms with Crippen molar-refractivity contribution >= 4 is 15.9 Å². The van der Waals surface area contributed by atoms with Crippen LogP contribution in [0.15, 0.2) is 47.4 Å². The first-order chi connectivity index (χ1) is 15.3. The molecule has 1 aliphatic heterocycles. The summed E-state index contributed by atoms with van der Waals surface area (Å²) in [5.74, 6) is -0.0465. The standard InChI is InChI=1S/C24H33N3O4S/c1-18(2)26-24(28)22-15-21(11-12-23(22)31-3)32(29,30)25-16-19-9-5-6-10-20(19)17-27-13-7-4-8-14-27/h5-6,9-12,15,18,25H,4,7-8,13-14,16-17H2,1-3H3,(H,26,28). The third-order valence-electron chi connectivity index (χ3n) is 5.56. The van der Waals surface area contributed by atoms with Crippen molar-refractivity contribution in [1.29, 1.82) is 0 Å². The molecule has 1 heterocycles.